The van der Waals surface area contributed by atoms with E-state index in [0.717, 1.165) is 17.1 Å². The van der Waals surface area contributed by atoms with Crippen molar-refractivity contribution in [3.05, 3.63) is 77.6 Å². The highest BCUT2D eigenvalue weighted by Gasteiger charge is 2.33. The zero-order valence-electron chi connectivity index (χ0n) is 21.3. The molecule has 0 aliphatic carbocycles. The van der Waals surface area contributed by atoms with E-state index in [0.29, 0.717) is 53.3 Å². The van der Waals surface area contributed by atoms with Gasteiger partial charge in [0.25, 0.3) is 5.91 Å². The number of ether oxygens (including phenoxy) is 2. The molecule has 11 heteroatoms. The maximum atomic E-state index is 14.6. The van der Waals surface area contributed by atoms with Crippen molar-refractivity contribution in [2.75, 3.05) is 33.4 Å². The second kappa shape index (κ2) is 10.3. The molecule has 5 aromatic rings. The molecular weight excluding hydrogens is 503 g/mol. The Balaban J connectivity index is 1.14. The SMILES string of the molecule is COCCOc1cc2[nH]nc(-c3cc(-c4ccc(C(=O)N5CC(c6ccnc(C)n6)C5)cc4)no3)c2cc1F. The summed E-state index contributed by atoms with van der Waals surface area (Å²) in [7, 11) is 1.55. The Morgan fingerprint density at radius 1 is 1.15 bits per heavy atom. The fourth-order valence-corrected chi connectivity index (χ4v) is 4.57. The number of rotatable bonds is 8. The van der Waals surface area contributed by atoms with E-state index in [1.165, 1.54) is 6.07 Å². The molecule has 2 aromatic carbocycles. The third-order valence-corrected chi connectivity index (χ3v) is 6.72. The van der Waals surface area contributed by atoms with Crippen molar-refractivity contribution in [1.29, 1.82) is 0 Å². The Labute approximate surface area is 222 Å². The summed E-state index contributed by atoms with van der Waals surface area (Å²) in [5.41, 5.74) is 3.94. The van der Waals surface area contributed by atoms with Crippen LogP contribution in [0.25, 0.3) is 33.6 Å². The Morgan fingerprint density at radius 3 is 2.74 bits per heavy atom. The van der Waals surface area contributed by atoms with Gasteiger partial charge >= 0.3 is 0 Å². The second-order valence-corrected chi connectivity index (χ2v) is 9.33. The third-order valence-electron chi connectivity index (χ3n) is 6.72. The van der Waals surface area contributed by atoms with Gasteiger partial charge in [0.05, 0.1) is 17.8 Å². The number of methoxy groups -OCH3 is 1. The average molecular weight is 529 g/mol. The molecule has 4 heterocycles. The van der Waals surface area contributed by atoms with Gasteiger partial charge in [0, 0.05) is 61.0 Å². The minimum atomic E-state index is -0.512. The molecule has 6 rings (SSSR count). The molecule has 1 fully saturated rings. The van der Waals surface area contributed by atoms with Crippen molar-refractivity contribution in [2.45, 2.75) is 12.8 Å². The van der Waals surface area contributed by atoms with Crippen LogP contribution in [0.5, 0.6) is 5.75 Å². The number of amides is 1. The number of aromatic amines is 1. The van der Waals surface area contributed by atoms with Crippen molar-refractivity contribution in [1.82, 2.24) is 30.2 Å². The maximum Gasteiger partial charge on any atom is 0.253 e. The molecule has 0 bridgehead atoms. The summed E-state index contributed by atoms with van der Waals surface area (Å²) in [4.78, 5) is 23.3. The first-order valence-corrected chi connectivity index (χ1v) is 12.5. The monoisotopic (exact) mass is 528 g/mol. The Hall–Kier alpha value is -4.64. The number of nitrogens with zero attached hydrogens (tertiary/aromatic N) is 5. The molecule has 1 N–H and O–H groups in total. The number of aryl methyl sites for hydroxylation is 1. The minimum absolute atomic E-state index is 0.0278. The molecule has 0 spiro atoms. The number of benzene rings is 2. The van der Waals surface area contributed by atoms with Crippen LogP contribution in [0, 0.1) is 12.7 Å². The number of hydrogen-bond donors (Lipinski definition) is 1. The standard InChI is InChI=1S/C28H25FN6O4/c1-16-30-8-7-22(31-16)19-14-35(15-19)28(36)18-5-3-17(4-6-18)23-12-26(39-34-23)27-20-11-21(29)25(38-10-9-37-2)13-24(20)32-33-27/h3-8,11-13,19H,9-10,14-15H2,1-2H3,(H,32,33). The molecule has 3 aromatic heterocycles. The fourth-order valence-electron chi connectivity index (χ4n) is 4.57. The normalized spacial score (nSPS) is 13.6. The van der Waals surface area contributed by atoms with Gasteiger partial charge < -0.3 is 18.9 Å². The van der Waals surface area contributed by atoms with Crippen LogP contribution in [0.2, 0.25) is 0 Å². The average Bonchev–Trinajstić information content (AvgIpc) is 3.55. The molecule has 198 valence electrons. The molecule has 1 aliphatic rings. The summed E-state index contributed by atoms with van der Waals surface area (Å²) in [6, 6.07) is 13.7. The Bertz CT molecular complexity index is 1640. The lowest BCUT2D eigenvalue weighted by Crippen LogP contribution is -2.48. The number of H-pyrrole nitrogens is 1. The summed E-state index contributed by atoms with van der Waals surface area (Å²) in [6.07, 6.45) is 1.75. The molecule has 1 aliphatic heterocycles. The number of aromatic nitrogens is 5. The van der Waals surface area contributed by atoms with Gasteiger partial charge in [0.1, 0.15) is 23.8 Å². The van der Waals surface area contributed by atoms with Crippen LogP contribution in [-0.2, 0) is 4.74 Å². The van der Waals surface area contributed by atoms with E-state index in [4.69, 9.17) is 14.0 Å². The van der Waals surface area contributed by atoms with Gasteiger partial charge in [-0.05, 0) is 31.2 Å². The van der Waals surface area contributed by atoms with Crippen LogP contribution in [0.3, 0.4) is 0 Å². The topological polar surface area (TPSA) is 119 Å². The predicted octanol–water partition coefficient (Wildman–Crippen LogP) is 4.39. The number of halogens is 1. The number of likely N-dealkylation sites (tertiary alicyclic amines) is 1. The van der Waals surface area contributed by atoms with Gasteiger partial charge in [-0.25, -0.2) is 14.4 Å². The van der Waals surface area contributed by atoms with Crippen LogP contribution >= 0.6 is 0 Å². The highest BCUT2D eigenvalue weighted by Crippen LogP contribution is 2.33. The van der Waals surface area contributed by atoms with Crippen molar-refractivity contribution < 1.29 is 23.2 Å². The predicted molar refractivity (Wildman–Crippen MR) is 140 cm³/mol. The van der Waals surface area contributed by atoms with Gasteiger partial charge in [0.15, 0.2) is 17.3 Å². The first-order chi connectivity index (χ1) is 19.0. The first-order valence-electron chi connectivity index (χ1n) is 12.5. The van der Waals surface area contributed by atoms with Crippen LogP contribution in [-0.4, -0.2) is 69.5 Å². The van der Waals surface area contributed by atoms with E-state index in [-0.39, 0.29) is 24.2 Å². The lowest BCUT2D eigenvalue weighted by molar-refractivity contribution is 0.0598. The highest BCUT2D eigenvalue weighted by molar-refractivity contribution is 5.95. The number of nitrogens with one attached hydrogen (secondary N) is 1. The molecule has 0 atom stereocenters. The second-order valence-electron chi connectivity index (χ2n) is 9.33. The van der Waals surface area contributed by atoms with E-state index in [2.05, 4.69) is 25.3 Å². The summed E-state index contributed by atoms with van der Waals surface area (Å²) in [5, 5.41) is 11.9. The molecule has 10 nitrogen and oxygen atoms in total. The minimum Gasteiger partial charge on any atom is -0.488 e. The summed E-state index contributed by atoms with van der Waals surface area (Å²) >= 11 is 0. The molecule has 1 amide bonds. The molecule has 0 saturated carbocycles. The van der Waals surface area contributed by atoms with E-state index >= 15 is 0 Å². The molecule has 0 unspecified atom stereocenters. The lowest BCUT2D eigenvalue weighted by atomic mass is 9.95. The van der Waals surface area contributed by atoms with Crippen molar-refractivity contribution in [3.63, 3.8) is 0 Å². The van der Waals surface area contributed by atoms with Crippen LogP contribution < -0.4 is 4.74 Å². The molecular formula is C28H25FN6O4. The van der Waals surface area contributed by atoms with Gasteiger partial charge in [-0.1, -0.05) is 17.3 Å². The summed E-state index contributed by atoms with van der Waals surface area (Å²) in [5.74, 6) is 0.914. The van der Waals surface area contributed by atoms with Crippen LogP contribution in [0.1, 0.15) is 27.8 Å². The molecule has 39 heavy (non-hydrogen) atoms. The summed E-state index contributed by atoms with van der Waals surface area (Å²) in [6.45, 7) is 3.70. The van der Waals surface area contributed by atoms with E-state index < -0.39 is 5.82 Å². The van der Waals surface area contributed by atoms with Gasteiger partial charge in [-0.2, -0.15) is 5.10 Å². The van der Waals surface area contributed by atoms with Crippen LogP contribution in [0.4, 0.5) is 4.39 Å². The van der Waals surface area contributed by atoms with E-state index in [1.807, 2.05) is 25.1 Å². The lowest BCUT2D eigenvalue weighted by Gasteiger charge is -2.39. The van der Waals surface area contributed by atoms with Crippen molar-refractivity contribution >= 4 is 16.8 Å². The summed E-state index contributed by atoms with van der Waals surface area (Å²) < 4.78 is 30.5. The van der Waals surface area contributed by atoms with E-state index in [1.54, 1.807) is 42.5 Å². The smallest absolute Gasteiger partial charge is 0.253 e. The molecule has 1 saturated heterocycles. The third kappa shape index (κ3) is 4.84. The quantitative estimate of drug-likeness (QED) is 0.295. The number of carbonyl (C=O) groups excluding carboxylic acids is 1. The number of hydrogen-bond acceptors (Lipinski definition) is 8. The Morgan fingerprint density at radius 2 is 1.97 bits per heavy atom. The Kier molecular flexibility index (Phi) is 6.49. The molecule has 0 radical (unpaired) electrons. The first kappa shape index (κ1) is 24.7. The van der Waals surface area contributed by atoms with Gasteiger partial charge in [0.2, 0.25) is 0 Å². The zero-order chi connectivity index (χ0) is 26.9. The van der Waals surface area contributed by atoms with Crippen molar-refractivity contribution in [3.8, 4) is 28.5 Å². The van der Waals surface area contributed by atoms with Gasteiger partial charge in [-0.3, -0.25) is 9.89 Å². The highest BCUT2D eigenvalue weighted by atomic mass is 19.1. The number of carbonyl (C=O) groups is 1. The van der Waals surface area contributed by atoms with E-state index in [9.17, 15) is 9.18 Å². The fraction of sp³-hybridized carbons (Fsp3) is 0.250. The van der Waals surface area contributed by atoms with Crippen LogP contribution in [0.15, 0.2) is 59.3 Å². The number of fused-ring (bicyclic) bond motifs is 1. The van der Waals surface area contributed by atoms with Gasteiger partial charge in [-0.15, -0.1) is 0 Å². The largest absolute Gasteiger partial charge is 0.488 e. The zero-order valence-corrected chi connectivity index (χ0v) is 21.3. The van der Waals surface area contributed by atoms with Crippen molar-refractivity contribution in [2.24, 2.45) is 0 Å². The maximum absolute atomic E-state index is 14.6.